The van der Waals surface area contributed by atoms with Gasteiger partial charge in [-0.3, -0.25) is 0 Å². The molecule has 0 aromatic carbocycles. The molecule has 0 N–H and O–H groups in total. The van der Waals surface area contributed by atoms with Crippen LogP contribution in [0, 0.1) is 23.7 Å². The highest BCUT2D eigenvalue weighted by Crippen LogP contribution is 2.20. The standard InChI is InChI=1S/C16H18O2/c1-3-4-5-6-7-8-9-10-11-12-15-13-14-16(17-2)18-15/h3-4,9-12,15-16H,13-14H2,1-2H3/b4-3-,10-9+,12-11+/t15-,16+/m1/s1. The van der Waals surface area contributed by atoms with Crippen molar-refractivity contribution in [1.82, 2.24) is 0 Å². The van der Waals surface area contributed by atoms with Gasteiger partial charge in [-0.25, -0.2) is 0 Å². The summed E-state index contributed by atoms with van der Waals surface area (Å²) < 4.78 is 10.7. The normalized spacial score (nSPS) is 23.2. The van der Waals surface area contributed by atoms with Gasteiger partial charge in [0.1, 0.15) is 0 Å². The first kappa shape index (κ1) is 14.3. The molecule has 1 fully saturated rings. The van der Waals surface area contributed by atoms with E-state index in [4.69, 9.17) is 9.47 Å². The Morgan fingerprint density at radius 2 is 1.89 bits per heavy atom. The molecular formula is C16H18O2. The summed E-state index contributed by atoms with van der Waals surface area (Å²) in [5.41, 5.74) is 0. The van der Waals surface area contributed by atoms with E-state index in [1.54, 1.807) is 19.3 Å². The van der Waals surface area contributed by atoms with Gasteiger partial charge in [0, 0.05) is 13.5 Å². The number of allylic oxidation sites excluding steroid dienone is 5. The Bertz CT molecular complexity index is 435. The van der Waals surface area contributed by atoms with E-state index < -0.39 is 0 Å². The van der Waals surface area contributed by atoms with E-state index in [0.717, 1.165) is 12.8 Å². The first-order valence-electron chi connectivity index (χ1n) is 6.00. The molecule has 0 radical (unpaired) electrons. The molecule has 2 atom stereocenters. The first-order chi connectivity index (χ1) is 8.86. The smallest absolute Gasteiger partial charge is 0.158 e. The molecule has 0 amide bonds. The number of ether oxygens (including phenoxy) is 2. The van der Waals surface area contributed by atoms with Gasteiger partial charge in [0.2, 0.25) is 0 Å². The van der Waals surface area contributed by atoms with Gasteiger partial charge in [0.05, 0.1) is 6.10 Å². The third kappa shape index (κ3) is 6.11. The molecule has 1 heterocycles. The Morgan fingerprint density at radius 1 is 1.11 bits per heavy atom. The quantitative estimate of drug-likeness (QED) is 0.559. The van der Waals surface area contributed by atoms with E-state index in [9.17, 15) is 0 Å². The Morgan fingerprint density at radius 3 is 2.56 bits per heavy atom. The summed E-state index contributed by atoms with van der Waals surface area (Å²) in [5, 5.41) is 0. The van der Waals surface area contributed by atoms with Gasteiger partial charge in [-0.1, -0.05) is 36.1 Å². The van der Waals surface area contributed by atoms with Crippen LogP contribution in [0.3, 0.4) is 0 Å². The third-order valence-electron chi connectivity index (χ3n) is 2.35. The number of methoxy groups -OCH3 is 1. The summed E-state index contributed by atoms with van der Waals surface area (Å²) in [6.07, 6.45) is 13.3. The molecule has 0 aromatic heterocycles. The van der Waals surface area contributed by atoms with Crippen LogP contribution < -0.4 is 0 Å². The lowest BCUT2D eigenvalue weighted by Gasteiger charge is -2.07. The minimum Gasteiger partial charge on any atom is -0.356 e. The first-order valence-corrected chi connectivity index (χ1v) is 6.00. The lowest BCUT2D eigenvalue weighted by molar-refractivity contribution is -0.104. The van der Waals surface area contributed by atoms with E-state index in [-0.39, 0.29) is 12.4 Å². The fourth-order valence-corrected chi connectivity index (χ4v) is 1.48. The second-order valence-corrected chi connectivity index (χ2v) is 3.70. The number of hydrogen-bond acceptors (Lipinski definition) is 2. The number of rotatable bonds is 3. The molecule has 1 saturated heterocycles. The molecule has 0 saturated carbocycles. The third-order valence-corrected chi connectivity index (χ3v) is 2.35. The van der Waals surface area contributed by atoms with Gasteiger partial charge in [-0.05, 0) is 37.3 Å². The zero-order valence-corrected chi connectivity index (χ0v) is 10.8. The van der Waals surface area contributed by atoms with Gasteiger partial charge >= 0.3 is 0 Å². The molecule has 94 valence electrons. The van der Waals surface area contributed by atoms with Crippen molar-refractivity contribution in [2.75, 3.05) is 7.11 Å². The minimum atomic E-state index is -0.0506. The van der Waals surface area contributed by atoms with Gasteiger partial charge < -0.3 is 9.47 Å². The van der Waals surface area contributed by atoms with E-state index in [0.29, 0.717) is 0 Å². The molecule has 0 bridgehead atoms. The Labute approximate surface area is 109 Å². The van der Waals surface area contributed by atoms with Crippen molar-refractivity contribution in [3.63, 3.8) is 0 Å². The lowest BCUT2D eigenvalue weighted by Crippen LogP contribution is -2.10. The summed E-state index contributed by atoms with van der Waals surface area (Å²) in [4.78, 5) is 0. The fourth-order valence-electron chi connectivity index (χ4n) is 1.48. The zero-order chi connectivity index (χ0) is 13.1. The van der Waals surface area contributed by atoms with E-state index in [1.807, 2.05) is 31.2 Å². The lowest BCUT2D eigenvalue weighted by atomic mass is 10.2. The Balaban J connectivity index is 2.26. The maximum absolute atomic E-state index is 5.57. The predicted molar refractivity (Wildman–Crippen MR) is 73.6 cm³/mol. The molecule has 2 nitrogen and oxygen atoms in total. The van der Waals surface area contributed by atoms with Crippen molar-refractivity contribution in [2.45, 2.75) is 32.2 Å². The van der Waals surface area contributed by atoms with Crippen LogP contribution in [-0.4, -0.2) is 19.5 Å². The maximum atomic E-state index is 5.57. The second-order valence-electron chi connectivity index (χ2n) is 3.70. The van der Waals surface area contributed by atoms with E-state index >= 15 is 0 Å². The Kier molecular flexibility index (Phi) is 7.40. The molecule has 18 heavy (non-hydrogen) atoms. The van der Waals surface area contributed by atoms with Crippen LogP contribution in [0.4, 0.5) is 0 Å². The summed E-state index contributed by atoms with van der Waals surface area (Å²) in [7, 11) is 1.67. The van der Waals surface area contributed by atoms with Crippen LogP contribution in [0.5, 0.6) is 0 Å². The van der Waals surface area contributed by atoms with Crippen LogP contribution in [0.1, 0.15) is 19.8 Å². The summed E-state index contributed by atoms with van der Waals surface area (Å²) in [5.74, 6) is 11.1. The molecular weight excluding hydrogens is 224 g/mol. The van der Waals surface area contributed by atoms with Crippen molar-refractivity contribution in [3.8, 4) is 23.7 Å². The van der Waals surface area contributed by atoms with Crippen molar-refractivity contribution in [3.05, 3.63) is 36.5 Å². The Hall–Kier alpha value is -1.74. The highest BCUT2D eigenvalue weighted by molar-refractivity contribution is 5.34. The maximum Gasteiger partial charge on any atom is 0.158 e. The van der Waals surface area contributed by atoms with Crippen molar-refractivity contribution in [2.24, 2.45) is 0 Å². The van der Waals surface area contributed by atoms with Crippen LogP contribution in [0.2, 0.25) is 0 Å². The van der Waals surface area contributed by atoms with E-state index in [1.165, 1.54) is 0 Å². The summed E-state index contributed by atoms with van der Waals surface area (Å²) >= 11 is 0. The minimum absolute atomic E-state index is 0.0506. The van der Waals surface area contributed by atoms with Gasteiger partial charge in [0.15, 0.2) is 6.29 Å². The highest BCUT2D eigenvalue weighted by atomic mass is 16.7. The van der Waals surface area contributed by atoms with Crippen molar-refractivity contribution >= 4 is 0 Å². The average molecular weight is 242 g/mol. The zero-order valence-electron chi connectivity index (χ0n) is 10.8. The van der Waals surface area contributed by atoms with Crippen LogP contribution >= 0.6 is 0 Å². The highest BCUT2D eigenvalue weighted by Gasteiger charge is 2.22. The van der Waals surface area contributed by atoms with Crippen LogP contribution in [0.15, 0.2) is 36.5 Å². The number of hydrogen-bond donors (Lipinski definition) is 0. The summed E-state index contributed by atoms with van der Waals surface area (Å²) in [6.45, 7) is 1.92. The topological polar surface area (TPSA) is 18.5 Å². The van der Waals surface area contributed by atoms with Gasteiger partial charge in [-0.2, -0.15) is 0 Å². The average Bonchev–Trinajstić information content (AvgIpc) is 2.85. The monoisotopic (exact) mass is 242 g/mol. The van der Waals surface area contributed by atoms with Gasteiger partial charge in [-0.15, -0.1) is 0 Å². The van der Waals surface area contributed by atoms with Crippen molar-refractivity contribution < 1.29 is 9.47 Å². The SMILES string of the molecule is C/C=C\C#CC#C/C=C/C=C/[C@@H]1CC[C@@H](OC)O1. The fraction of sp³-hybridized carbons (Fsp3) is 0.375. The second kappa shape index (κ2) is 9.31. The predicted octanol–water partition coefficient (Wildman–Crippen LogP) is 2.83. The molecule has 1 aliphatic rings. The molecule has 0 aliphatic carbocycles. The molecule has 0 aromatic rings. The van der Waals surface area contributed by atoms with Crippen molar-refractivity contribution in [1.29, 1.82) is 0 Å². The summed E-state index contributed by atoms with van der Waals surface area (Å²) in [6, 6.07) is 0. The molecule has 2 heteroatoms. The molecule has 0 unspecified atom stereocenters. The molecule has 1 aliphatic heterocycles. The largest absolute Gasteiger partial charge is 0.356 e. The molecule has 1 rings (SSSR count). The van der Waals surface area contributed by atoms with Crippen LogP contribution in [0.25, 0.3) is 0 Å². The van der Waals surface area contributed by atoms with E-state index in [2.05, 4.69) is 23.7 Å². The molecule has 0 spiro atoms. The van der Waals surface area contributed by atoms with Crippen LogP contribution in [-0.2, 0) is 9.47 Å². The van der Waals surface area contributed by atoms with Gasteiger partial charge in [0.25, 0.3) is 0 Å².